The van der Waals surface area contributed by atoms with Crippen LogP contribution in [-0.2, 0) is 17.7 Å². The summed E-state index contributed by atoms with van der Waals surface area (Å²) in [7, 11) is 1.79. The van der Waals surface area contributed by atoms with Gasteiger partial charge in [0.15, 0.2) is 5.96 Å². The van der Waals surface area contributed by atoms with Crippen molar-refractivity contribution in [2.75, 3.05) is 26.8 Å². The molecule has 2 aromatic rings. The van der Waals surface area contributed by atoms with Crippen LogP contribution in [0.2, 0.25) is 0 Å². The molecule has 1 saturated heterocycles. The smallest absolute Gasteiger partial charge is 0.191 e. The number of halogens is 1. The standard InChI is InChI=1S/C22H29N3O2.HI/c1-17-8-9-19(21(14-17)27-20-11-13-26-16-20)15-25-22(23-2)24-12-10-18-6-4-3-5-7-18;/h3-9,14,20H,10-13,15-16H2,1-2H3,(H2,23,24,25);1H. The predicted octanol–water partition coefficient (Wildman–Crippen LogP) is 3.69. The van der Waals surface area contributed by atoms with Gasteiger partial charge in [-0.1, -0.05) is 42.5 Å². The number of guanidine groups is 1. The molecule has 28 heavy (non-hydrogen) atoms. The van der Waals surface area contributed by atoms with Gasteiger partial charge in [0, 0.05) is 32.1 Å². The molecule has 0 bridgehead atoms. The van der Waals surface area contributed by atoms with E-state index in [1.165, 1.54) is 11.1 Å². The van der Waals surface area contributed by atoms with Crippen molar-refractivity contribution in [1.82, 2.24) is 10.6 Å². The molecule has 1 aliphatic rings. The number of nitrogens with zero attached hydrogens (tertiary/aromatic N) is 1. The Morgan fingerprint density at radius 2 is 2.00 bits per heavy atom. The Hall–Kier alpha value is -1.80. The number of rotatable bonds is 7. The normalized spacial score (nSPS) is 16.4. The number of ether oxygens (including phenoxy) is 2. The number of aryl methyl sites for hydroxylation is 1. The maximum atomic E-state index is 6.17. The van der Waals surface area contributed by atoms with Crippen LogP contribution in [0.1, 0.15) is 23.1 Å². The molecule has 1 unspecified atom stereocenters. The van der Waals surface area contributed by atoms with Crippen molar-refractivity contribution in [3.8, 4) is 5.75 Å². The molecule has 5 nitrogen and oxygen atoms in total. The van der Waals surface area contributed by atoms with Gasteiger partial charge in [-0.2, -0.15) is 0 Å². The summed E-state index contributed by atoms with van der Waals surface area (Å²) < 4.78 is 11.6. The lowest BCUT2D eigenvalue weighted by atomic mass is 10.1. The molecule has 1 heterocycles. The monoisotopic (exact) mass is 495 g/mol. The Kier molecular flexibility index (Phi) is 9.57. The van der Waals surface area contributed by atoms with Gasteiger partial charge < -0.3 is 20.1 Å². The number of hydrogen-bond donors (Lipinski definition) is 2. The second kappa shape index (κ2) is 11.9. The minimum atomic E-state index is 0. The van der Waals surface area contributed by atoms with E-state index in [9.17, 15) is 0 Å². The molecular formula is C22H30IN3O2. The molecule has 0 aliphatic carbocycles. The second-order valence-corrected chi connectivity index (χ2v) is 6.80. The molecule has 3 rings (SSSR count). The fraction of sp³-hybridized carbons (Fsp3) is 0.409. The number of hydrogen-bond acceptors (Lipinski definition) is 3. The van der Waals surface area contributed by atoms with Crippen LogP contribution in [0.3, 0.4) is 0 Å². The molecule has 0 radical (unpaired) electrons. The lowest BCUT2D eigenvalue weighted by Gasteiger charge is -2.18. The summed E-state index contributed by atoms with van der Waals surface area (Å²) in [5.74, 6) is 1.72. The first-order chi connectivity index (χ1) is 13.2. The Labute approximate surface area is 184 Å². The fourth-order valence-electron chi connectivity index (χ4n) is 3.07. The highest BCUT2D eigenvalue weighted by atomic mass is 127. The maximum absolute atomic E-state index is 6.17. The zero-order valence-corrected chi connectivity index (χ0v) is 18.9. The van der Waals surface area contributed by atoms with Gasteiger partial charge in [-0.3, -0.25) is 4.99 Å². The van der Waals surface area contributed by atoms with E-state index >= 15 is 0 Å². The fourth-order valence-corrected chi connectivity index (χ4v) is 3.07. The first-order valence-corrected chi connectivity index (χ1v) is 9.57. The molecule has 152 valence electrons. The van der Waals surface area contributed by atoms with Crippen molar-refractivity contribution in [3.05, 3.63) is 65.2 Å². The van der Waals surface area contributed by atoms with Gasteiger partial charge in [-0.25, -0.2) is 0 Å². The first-order valence-electron chi connectivity index (χ1n) is 9.57. The third kappa shape index (κ3) is 6.98. The highest BCUT2D eigenvalue weighted by molar-refractivity contribution is 14.0. The van der Waals surface area contributed by atoms with Crippen LogP contribution in [0, 0.1) is 6.92 Å². The molecule has 1 fully saturated rings. The van der Waals surface area contributed by atoms with Crippen LogP contribution in [0.4, 0.5) is 0 Å². The molecule has 0 saturated carbocycles. The molecule has 0 aromatic heterocycles. The van der Waals surface area contributed by atoms with Crippen molar-refractivity contribution < 1.29 is 9.47 Å². The van der Waals surface area contributed by atoms with E-state index in [0.717, 1.165) is 43.3 Å². The van der Waals surface area contributed by atoms with Gasteiger partial charge in [0.05, 0.1) is 13.2 Å². The van der Waals surface area contributed by atoms with E-state index < -0.39 is 0 Å². The van der Waals surface area contributed by atoms with Gasteiger partial charge >= 0.3 is 0 Å². The van der Waals surface area contributed by atoms with Crippen molar-refractivity contribution in [1.29, 1.82) is 0 Å². The van der Waals surface area contributed by atoms with Crippen molar-refractivity contribution >= 4 is 29.9 Å². The molecule has 2 aromatic carbocycles. The van der Waals surface area contributed by atoms with E-state index in [2.05, 4.69) is 65.0 Å². The molecule has 0 spiro atoms. The van der Waals surface area contributed by atoms with Crippen LogP contribution in [-0.4, -0.2) is 38.9 Å². The summed E-state index contributed by atoms with van der Waals surface area (Å²) in [4.78, 5) is 4.32. The second-order valence-electron chi connectivity index (χ2n) is 6.80. The molecular weight excluding hydrogens is 465 g/mol. The maximum Gasteiger partial charge on any atom is 0.191 e. The van der Waals surface area contributed by atoms with Gasteiger partial charge in [0.25, 0.3) is 0 Å². The number of nitrogens with one attached hydrogen (secondary N) is 2. The zero-order valence-electron chi connectivity index (χ0n) is 16.6. The summed E-state index contributed by atoms with van der Waals surface area (Å²) in [5.41, 5.74) is 3.63. The van der Waals surface area contributed by atoms with Crippen LogP contribution in [0.15, 0.2) is 53.5 Å². The SMILES string of the molecule is CN=C(NCCc1ccccc1)NCc1ccc(C)cc1OC1CCOC1.I. The lowest BCUT2D eigenvalue weighted by molar-refractivity contribution is 0.140. The molecule has 1 atom stereocenters. The Bertz CT molecular complexity index is 747. The third-order valence-corrected chi connectivity index (χ3v) is 4.62. The van der Waals surface area contributed by atoms with Crippen LogP contribution < -0.4 is 15.4 Å². The molecule has 2 N–H and O–H groups in total. The molecule has 6 heteroatoms. The van der Waals surface area contributed by atoms with Crippen LogP contribution >= 0.6 is 24.0 Å². The van der Waals surface area contributed by atoms with E-state index in [1.54, 1.807) is 7.05 Å². The van der Waals surface area contributed by atoms with Crippen LogP contribution in [0.25, 0.3) is 0 Å². The average molecular weight is 495 g/mol. The molecule has 0 amide bonds. The van der Waals surface area contributed by atoms with Crippen molar-refractivity contribution in [2.24, 2.45) is 4.99 Å². The summed E-state index contributed by atoms with van der Waals surface area (Å²) in [6.07, 6.45) is 2.06. The largest absolute Gasteiger partial charge is 0.488 e. The number of benzene rings is 2. The van der Waals surface area contributed by atoms with E-state index in [-0.39, 0.29) is 30.1 Å². The average Bonchev–Trinajstić information content (AvgIpc) is 3.19. The van der Waals surface area contributed by atoms with Crippen molar-refractivity contribution in [3.63, 3.8) is 0 Å². The Morgan fingerprint density at radius 1 is 1.18 bits per heavy atom. The number of aliphatic imine (C=N–C) groups is 1. The summed E-state index contributed by atoms with van der Waals surface area (Å²) >= 11 is 0. The topological polar surface area (TPSA) is 54.9 Å². The summed E-state index contributed by atoms with van der Waals surface area (Å²) in [5, 5.41) is 6.75. The highest BCUT2D eigenvalue weighted by Gasteiger charge is 2.18. The quantitative estimate of drug-likeness (QED) is 0.350. The zero-order chi connectivity index (χ0) is 18.9. The van der Waals surface area contributed by atoms with Gasteiger partial charge in [0.2, 0.25) is 0 Å². The third-order valence-electron chi connectivity index (χ3n) is 4.62. The van der Waals surface area contributed by atoms with Crippen molar-refractivity contribution in [2.45, 2.75) is 32.4 Å². The predicted molar refractivity (Wildman–Crippen MR) is 125 cm³/mol. The van der Waals surface area contributed by atoms with Gasteiger partial charge in [-0.15, -0.1) is 24.0 Å². The summed E-state index contributed by atoms with van der Waals surface area (Å²) in [6, 6.07) is 16.8. The van der Waals surface area contributed by atoms with E-state index in [1.807, 2.05) is 6.07 Å². The Balaban J connectivity index is 0.00000280. The van der Waals surface area contributed by atoms with E-state index in [0.29, 0.717) is 13.2 Å². The van der Waals surface area contributed by atoms with Gasteiger partial charge in [0.1, 0.15) is 11.9 Å². The minimum Gasteiger partial charge on any atom is -0.488 e. The minimum absolute atomic E-state index is 0. The summed E-state index contributed by atoms with van der Waals surface area (Å²) in [6.45, 7) is 5.03. The first kappa shape index (κ1) is 22.5. The highest BCUT2D eigenvalue weighted by Crippen LogP contribution is 2.23. The van der Waals surface area contributed by atoms with Gasteiger partial charge in [-0.05, 0) is 30.5 Å². The molecule has 1 aliphatic heterocycles. The van der Waals surface area contributed by atoms with Crippen LogP contribution in [0.5, 0.6) is 5.75 Å². The lowest BCUT2D eigenvalue weighted by Crippen LogP contribution is -2.38. The Morgan fingerprint density at radius 3 is 2.71 bits per heavy atom. The van der Waals surface area contributed by atoms with E-state index in [4.69, 9.17) is 9.47 Å².